The molecule has 0 aliphatic carbocycles. The molecule has 9 heteroatoms. The average Bonchev–Trinajstić information content (AvgIpc) is 3.51. The Morgan fingerprint density at radius 1 is 1.17 bits per heavy atom. The molecule has 0 spiro atoms. The number of thiazole rings is 1. The molecule has 0 bridgehead atoms. The first-order chi connectivity index (χ1) is 16.9. The monoisotopic (exact) mass is 540 g/mol. The normalized spacial score (nSPS) is 11.0. The second kappa shape index (κ2) is 11.4. The minimum atomic E-state index is -1.00. The fourth-order valence-corrected chi connectivity index (χ4v) is 5.23. The number of aromatic nitrogens is 1. The molecule has 176 valence electrons. The average molecular weight is 541 g/mol. The van der Waals surface area contributed by atoms with Crippen LogP contribution in [0, 0.1) is 11.8 Å². The number of hydrogen-bond donors (Lipinski definition) is 2. The van der Waals surface area contributed by atoms with Gasteiger partial charge in [-0.1, -0.05) is 47.3 Å². The third kappa shape index (κ3) is 6.24. The summed E-state index contributed by atoms with van der Waals surface area (Å²) in [5.74, 6) is 5.10. The van der Waals surface area contributed by atoms with Gasteiger partial charge in [0.05, 0.1) is 24.6 Å². The maximum Gasteiger partial charge on any atom is 0.348 e. The molecule has 0 amide bonds. The second-order valence-electron chi connectivity index (χ2n) is 7.22. The van der Waals surface area contributed by atoms with Crippen molar-refractivity contribution in [3.05, 3.63) is 97.4 Å². The first kappa shape index (κ1) is 24.8. The number of hydrogen-bond acceptors (Lipinski definition) is 6. The molecule has 2 N–H and O–H groups in total. The minimum absolute atomic E-state index is 0.214. The lowest BCUT2D eigenvalue weighted by molar-refractivity contribution is 0.0703. The number of methoxy groups -OCH3 is 1. The van der Waals surface area contributed by atoms with Crippen molar-refractivity contribution >= 4 is 63.1 Å². The molecule has 0 aliphatic heterocycles. The maximum atomic E-state index is 11.9. The lowest BCUT2D eigenvalue weighted by Gasteiger charge is -2.12. The molecule has 2 aromatic heterocycles. The number of nitrogens with zero attached hydrogens (tertiary/aromatic N) is 1. The zero-order valence-corrected chi connectivity index (χ0v) is 21.5. The number of nitrogens with one attached hydrogen (secondary N) is 1. The molecule has 5 nitrogen and oxygen atoms in total. The van der Waals surface area contributed by atoms with E-state index in [0.29, 0.717) is 22.3 Å². The van der Waals surface area contributed by atoms with Gasteiger partial charge in [0.1, 0.15) is 10.6 Å². The summed E-state index contributed by atoms with van der Waals surface area (Å²) in [6.45, 7) is 0.302. The van der Waals surface area contributed by atoms with Crippen molar-refractivity contribution in [2.75, 3.05) is 19.0 Å². The van der Waals surface area contributed by atoms with Gasteiger partial charge in [0, 0.05) is 43.5 Å². The Kier molecular flexibility index (Phi) is 8.11. The molecule has 0 saturated carbocycles. The van der Waals surface area contributed by atoms with Crippen molar-refractivity contribution in [2.24, 2.45) is 0 Å². The van der Waals surface area contributed by atoms with E-state index < -0.39 is 5.97 Å². The van der Waals surface area contributed by atoms with E-state index in [1.165, 1.54) is 22.7 Å². The van der Waals surface area contributed by atoms with Crippen molar-refractivity contribution in [1.29, 1.82) is 0 Å². The third-order valence-corrected chi connectivity index (χ3v) is 7.18. The highest BCUT2D eigenvalue weighted by Crippen LogP contribution is 2.36. The third-order valence-electron chi connectivity index (χ3n) is 4.87. The summed E-state index contributed by atoms with van der Waals surface area (Å²) in [4.78, 5) is 17.1. The van der Waals surface area contributed by atoms with Crippen LogP contribution in [0.25, 0.3) is 16.0 Å². The standard InChI is InChI=1S/C26H18Cl2N2O3S2/c1-33-13-18(21-9-7-19(27)10-22(21)28)12-29-23-11-24(35-25(23)26(31)32)17-5-2-16(3-6-17)4-8-20-14-34-15-30-20/h2-3,5-7,9-11,13-15,29H,12H2,1H3,(H,31,32). The number of carbonyl (C=O) groups is 1. The van der Waals surface area contributed by atoms with Crippen LogP contribution in [0.1, 0.15) is 26.5 Å². The number of benzene rings is 2. The second-order valence-corrected chi connectivity index (χ2v) is 9.83. The predicted octanol–water partition coefficient (Wildman–Crippen LogP) is 7.38. The van der Waals surface area contributed by atoms with Crippen molar-refractivity contribution in [2.45, 2.75) is 0 Å². The van der Waals surface area contributed by atoms with Crippen molar-refractivity contribution in [3.63, 3.8) is 0 Å². The first-order valence-electron chi connectivity index (χ1n) is 10.2. The van der Waals surface area contributed by atoms with Crippen LogP contribution in [0.4, 0.5) is 5.69 Å². The fraction of sp³-hybridized carbons (Fsp3) is 0.0769. The summed E-state index contributed by atoms with van der Waals surface area (Å²) in [5.41, 5.74) is 6.24. The van der Waals surface area contributed by atoms with Gasteiger partial charge >= 0.3 is 5.97 Å². The van der Waals surface area contributed by atoms with Gasteiger partial charge in [-0.3, -0.25) is 0 Å². The lowest BCUT2D eigenvalue weighted by atomic mass is 10.1. The number of anilines is 1. The highest BCUT2D eigenvalue weighted by atomic mass is 35.5. The van der Waals surface area contributed by atoms with Gasteiger partial charge < -0.3 is 15.2 Å². The van der Waals surface area contributed by atoms with Gasteiger partial charge in [0.25, 0.3) is 0 Å². The SMILES string of the molecule is COC=C(CNc1cc(-c2ccc(C#Cc3cscn3)cc2)sc1C(=O)O)c1ccc(Cl)cc1Cl. The van der Waals surface area contributed by atoms with Crippen LogP contribution in [0.2, 0.25) is 10.0 Å². The van der Waals surface area contributed by atoms with Gasteiger partial charge in [0.15, 0.2) is 0 Å². The molecule has 0 saturated heterocycles. The molecule has 0 aliphatic rings. The quantitative estimate of drug-likeness (QED) is 0.189. The van der Waals surface area contributed by atoms with Gasteiger partial charge in [-0.25, -0.2) is 9.78 Å². The summed E-state index contributed by atoms with van der Waals surface area (Å²) in [6, 6.07) is 14.7. The Bertz CT molecular complexity index is 1430. The van der Waals surface area contributed by atoms with E-state index >= 15 is 0 Å². The Morgan fingerprint density at radius 3 is 2.63 bits per heavy atom. The van der Waals surface area contributed by atoms with Crippen LogP contribution in [0.5, 0.6) is 0 Å². The molecule has 0 radical (unpaired) electrons. The van der Waals surface area contributed by atoms with Gasteiger partial charge in [-0.2, -0.15) is 0 Å². The highest BCUT2D eigenvalue weighted by Gasteiger charge is 2.17. The van der Waals surface area contributed by atoms with E-state index in [1.54, 1.807) is 37.1 Å². The number of aromatic carboxylic acids is 1. The number of halogens is 2. The molecule has 4 rings (SSSR count). The minimum Gasteiger partial charge on any atom is -0.504 e. The van der Waals surface area contributed by atoms with Crippen molar-refractivity contribution in [1.82, 2.24) is 4.98 Å². The Hall–Kier alpha value is -3.28. The lowest BCUT2D eigenvalue weighted by Crippen LogP contribution is -2.07. The zero-order chi connectivity index (χ0) is 24.8. The Morgan fingerprint density at radius 2 is 1.97 bits per heavy atom. The van der Waals surface area contributed by atoms with Crippen LogP contribution in [0.3, 0.4) is 0 Å². The fourth-order valence-electron chi connectivity index (χ4n) is 3.23. The van der Waals surface area contributed by atoms with Crippen LogP contribution in [0.15, 0.2) is 65.7 Å². The van der Waals surface area contributed by atoms with Crippen LogP contribution in [-0.2, 0) is 4.74 Å². The summed E-state index contributed by atoms with van der Waals surface area (Å²) in [5, 5.41) is 15.9. The summed E-state index contributed by atoms with van der Waals surface area (Å²) >= 11 is 15.1. The molecule has 4 aromatic rings. The van der Waals surface area contributed by atoms with E-state index in [4.69, 9.17) is 27.9 Å². The van der Waals surface area contributed by atoms with Gasteiger partial charge in [-0.05, 0) is 41.8 Å². The summed E-state index contributed by atoms with van der Waals surface area (Å²) in [6.07, 6.45) is 1.57. The largest absolute Gasteiger partial charge is 0.504 e. The van der Waals surface area contributed by atoms with Crippen LogP contribution in [-0.4, -0.2) is 29.7 Å². The molecule has 35 heavy (non-hydrogen) atoms. The summed E-state index contributed by atoms with van der Waals surface area (Å²) < 4.78 is 5.22. The number of carboxylic acid groups (broad SMARTS) is 1. The molecule has 0 fully saturated rings. The van der Waals surface area contributed by atoms with Gasteiger partial charge in [-0.15, -0.1) is 22.7 Å². The molecular weight excluding hydrogens is 523 g/mol. The molecule has 0 unspecified atom stereocenters. The number of rotatable bonds is 7. The van der Waals surface area contributed by atoms with E-state index in [1.807, 2.05) is 35.7 Å². The molecular formula is C26H18Cl2N2O3S2. The summed E-state index contributed by atoms with van der Waals surface area (Å²) in [7, 11) is 1.54. The zero-order valence-electron chi connectivity index (χ0n) is 18.3. The van der Waals surface area contributed by atoms with E-state index in [-0.39, 0.29) is 4.88 Å². The molecule has 2 heterocycles. The number of carboxylic acids is 1. The Balaban J connectivity index is 1.55. The topological polar surface area (TPSA) is 71.5 Å². The molecule has 0 atom stereocenters. The van der Waals surface area contributed by atoms with Gasteiger partial charge in [0.2, 0.25) is 0 Å². The van der Waals surface area contributed by atoms with Crippen LogP contribution >= 0.6 is 45.9 Å². The number of thiophene rings is 1. The van der Waals surface area contributed by atoms with E-state index in [9.17, 15) is 9.90 Å². The smallest absolute Gasteiger partial charge is 0.348 e. The number of ether oxygens (including phenoxy) is 1. The maximum absolute atomic E-state index is 11.9. The van der Waals surface area contributed by atoms with Crippen molar-refractivity contribution < 1.29 is 14.6 Å². The van der Waals surface area contributed by atoms with Crippen molar-refractivity contribution in [3.8, 4) is 22.3 Å². The first-order valence-corrected chi connectivity index (χ1v) is 12.7. The predicted molar refractivity (Wildman–Crippen MR) is 145 cm³/mol. The van der Waals surface area contributed by atoms with E-state index in [0.717, 1.165) is 32.8 Å². The highest BCUT2D eigenvalue weighted by molar-refractivity contribution is 7.18. The van der Waals surface area contributed by atoms with Crippen LogP contribution < -0.4 is 5.32 Å². The molecule has 2 aromatic carbocycles. The van der Waals surface area contributed by atoms with E-state index in [2.05, 4.69) is 22.1 Å². The Labute approximate surface area is 220 Å².